The van der Waals surface area contributed by atoms with Crippen LogP contribution in [0.4, 0.5) is 5.69 Å². The lowest BCUT2D eigenvalue weighted by molar-refractivity contribution is 0.764. The van der Waals surface area contributed by atoms with Gasteiger partial charge in [0, 0.05) is 18.3 Å². The largest absolute Gasteiger partial charge is 0.259 e. The molecule has 0 fully saturated rings. The first kappa shape index (κ1) is 10.3. The normalized spacial score (nSPS) is 14.0. The van der Waals surface area contributed by atoms with Crippen LogP contribution in [0.25, 0.3) is 0 Å². The molecule has 2 heterocycles. The molecule has 1 aromatic heterocycles. The third-order valence-corrected chi connectivity index (χ3v) is 2.79. The summed E-state index contributed by atoms with van der Waals surface area (Å²) >= 11 is 0. The molecule has 2 heteroatoms. The lowest BCUT2D eigenvalue weighted by Crippen LogP contribution is -2.01. The molecule has 1 aliphatic rings. The lowest BCUT2D eigenvalue weighted by Gasteiger charge is -2.13. The number of nitrogens with zero attached hydrogens (tertiary/aromatic N) is 2. The second-order valence-electron chi connectivity index (χ2n) is 4.77. The Bertz CT molecular complexity index is 403. The molecule has 1 aromatic rings. The molecule has 80 valence electrons. The third kappa shape index (κ3) is 1.81. The van der Waals surface area contributed by atoms with Gasteiger partial charge in [0.25, 0.3) is 0 Å². The molecule has 0 saturated heterocycles. The van der Waals surface area contributed by atoms with Gasteiger partial charge < -0.3 is 0 Å². The van der Waals surface area contributed by atoms with Gasteiger partial charge in [-0.15, -0.1) is 0 Å². The van der Waals surface area contributed by atoms with Crippen LogP contribution in [0, 0.1) is 0 Å². The van der Waals surface area contributed by atoms with Gasteiger partial charge in [0.05, 0.1) is 11.4 Å². The zero-order valence-corrected chi connectivity index (χ0v) is 9.91. The van der Waals surface area contributed by atoms with Crippen LogP contribution in [0.15, 0.2) is 11.1 Å². The fraction of sp³-hybridized carbons (Fsp3) is 0.538. The molecule has 0 N–H and O–H groups in total. The highest BCUT2D eigenvalue weighted by molar-refractivity contribution is 5.77. The van der Waals surface area contributed by atoms with Crippen molar-refractivity contribution in [1.29, 1.82) is 0 Å². The molecule has 2 nitrogen and oxygen atoms in total. The van der Waals surface area contributed by atoms with E-state index >= 15 is 0 Å². The van der Waals surface area contributed by atoms with E-state index < -0.39 is 0 Å². The monoisotopic (exact) mass is 202 g/mol. The number of aliphatic imine (C=N–C) groups is 1. The predicted octanol–water partition coefficient (Wildman–Crippen LogP) is 3.59. The summed E-state index contributed by atoms with van der Waals surface area (Å²) in [6.07, 6.45) is 2.96. The molecule has 0 aromatic carbocycles. The van der Waals surface area contributed by atoms with E-state index in [4.69, 9.17) is 4.98 Å². The van der Waals surface area contributed by atoms with Crippen LogP contribution in [0.5, 0.6) is 0 Å². The van der Waals surface area contributed by atoms with Gasteiger partial charge in [0.1, 0.15) is 0 Å². The molecule has 0 radical (unpaired) electrons. The molecule has 0 saturated carbocycles. The molecule has 0 atom stereocenters. The number of pyridine rings is 1. The zero-order valence-electron chi connectivity index (χ0n) is 9.91. The van der Waals surface area contributed by atoms with Gasteiger partial charge in [0.15, 0.2) is 0 Å². The molecular formula is C13H18N2. The van der Waals surface area contributed by atoms with Crippen molar-refractivity contribution in [3.8, 4) is 0 Å². The van der Waals surface area contributed by atoms with Crippen LogP contribution in [0.3, 0.4) is 0 Å². The smallest absolute Gasteiger partial charge is 0.0879 e. The van der Waals surface area contributed by atoms with Crippen molar-refractivity contribution in [1.82, 2.24) is 4.98 Å². The van der Waals surface area contributed by atoms with Gasteiger partial charge in [0.2, 0.25) is 0 Å². The predicted molar refractivity (Wildman–Crippen MR) is 64.3 cm³/mol. The van der Waals surface area contributed by atoms with Crippen molar-refractivity contribution in [3.63, 3.8) is 0 Å². The third-order valence-electron chi connectivity index (χ3n) is 2.79. The Balaban J connectivity index is 2.56. The molecule has 1 aliphatic heterocycles. The molecule has 15 heavy (non-hydrogen) atoms. The number of hydrogen-bond acceptors (Lipinski definition) is 2. The number of fused-ring (bicyclic) bond motifs is 1. The van der Waals surface area contributed by atoms with Crippen molar-refractivity contribution in [2.75, 3.05) is 0 Å². The highest BCUT2D eigenvalue weighted by Gasteiger charge is 2.17. The van der Waals surface area contributed by atoms with Gasteiger partial charge in [-0.25, -0.2) is 0 Å². The first-order valence-corrected chi connectivity index (χ1v) is 5.65. The minimum Gasteiger partial charge on any atom is -0.259 e. The second-order valence-corrected chi connectivity index (χ2v) is 4.77. The van der Waals surface area contributed by atoms with E-state index in [0.717, 1.165) is 17.8 Å². The van der Waals surface area contributed by atoms with E-state index in [9.17, 15) is 0 Å². The Labute approximate surface area is 91.5 Å². The summed E-state index contributed by atoms with van der Waals surface area (Å²) < 4.78 is 0. The average molecular weight is 202 g/mol. The fourth-order valence-corrected chi connectivity index (χ4v) is 1.87. The molecule has 0 unspecified atom stereocenters. The quantitative estimate of drug-likeness (QED) is 0.719. The summed E-state index contributed by atoms with van der Waals surface area (Å²) in [6, 6.07) is 2.21. The first-order valence-electron chi connectivity index (χ1n) is 5.65. The molecule has 2 rings (SSSR count). The Hall–Kier alpha value is -1.18. The van der Waals surface area contributed by atoms with E-state index in [-0.39, 0.29) is 0 Å². The number of rotatable bonds is 2. The van der Waals surface area contributed by atoms with Gasteiger partial charge in [-0.05, 0) is 23.5 Å². The fourth-order valence-electron chi connectivity index (χ4n) is 1.87. The minimum absolute atomic E-state index is 0.452. The first-order chi connectivity index (χ1) is 7.09. The van der Waals surface area contributed by atoms with Crippen molar-refractivity contribution < 1.29 is 0 Å². The summed E-state index contributed by atoms with van der Waals surface area (Å²) in [5, 5.41) is 0. The maximum atomic E-state index is 4.73. The Morgan fingerprint density at radius 2 is 1.87 bits per heavy atom. The zero-order chi connectivity index (χ0) is 11.0. The summed E-state index contributed by atoms with van der Waals surface area (Å²) in [5.41, 5.74) is 4.82. The Morgan fingerprint density at radius 3 is 2.47 bits per heavy atom. The maximum absolute atomic E-state index is 4.73. The SMILES string of the molecule is CC(C)c1cc2c(c(C(C)C)n1)N=CC2. The van der Waals surface area contributed by atoms with E-state index in [2.05, 4.69) is 38.8 Å². The average Bonchev–Trinajstić information content (AvgIpc) is 2.62. The van der Waals surface area contributed by atoms with E-state index in [1.807, 2.05) is 6.21 Å². The van der Waals surface area contributed by atoms with Crippen LogP contribution >= 0.6 is 0 Å². The standard InChI is InChI=1S/C13H18N2/c1-8(2)11-7-10-5-6-14-13(10)12(15-11)9(3)4/h6-9H,5H2,1-4H3. The van der Waals surface area contributed by atoms with Gasteiger partial charge in [-0.3, -0.25) is 9.98 Å². The highest BCUT2D eigenvalue weighted by atomic mass is 14.8. The van der Waals surface area contributed by atoms with Crippen molar-refractivity contribution in [3.05, 3.63) is 23.0 Å². The summed E-state index contributed by atoms with van der Waals surface area (Å²) in [4.78, 5) is 9.16. The molecule has 0 aliphatic carbocycles. The topological polar surface area (TPSA) is 25.2 Å². The number of aromatic nitrogens is 1. The van der Waals surface area contributed by atoms with Crippen LogP contribution in [0.1, 0.15) is 56.5 Å². The lowest BCUT2D eigenvalue weighted by atomic mass is 10.00. The second kappa shape index (κ2) is 3.76. The summed E-state index contributed by atoms with van der Waals surface area (Å²) in [6.45, 7) is 8.74. The van der Waals surface area contributed by atoms with Crippen molar-refractivity contribution >= 4 is 11.9 Å². The summed E-state index contributed by atoms with van der Waals surface area (Å²) in [7, 11) is 0. The van der Waals surface area contributed by atoms with Crippen molar-refractivity contribution in [2.45, 2.75) is 46.0 Å². The van der Waals surface area contributed by atoms with E-state index in [1.54, 1.807) is 0 Å². The minimum atomic E-state index is 0.452. The molecular weight excluding hydrogens is 184 g/mol. The molecule has 0 spiro atoms. The highest BCUT2D eigenvalue weighted by Crippen LogP contribution is 2.33. The van der Waals surface area contributed by atoms with E-state index in [1.165, 1.54) is 11.3 Å². The van der Waals surface area contributed by atoms with E-state index in [0.29, 0.717) is 11.8 Å². The Morgan fingerprint density at radius 1 is 1.13 bits per heavy atom. The number of hydrogen-bond donors (Lipinski definition) is 0. The molecule has 0 amide bonds. The van der Waals surface area contributed by atoms with Gasteiger partial charge in [-0.1, -0.05) is 27.7 Å². The maximum Gasteiger partial charge on any atom is 0.0879 e. The van der Waals surface area contributed by atoms with Crippen LogP contribution < -0.4 is 0 Å². The van der Waals surface area contributed by atoms with Crippen molar-refractivity contribution in [2.24, 2.45) is 4.99 Å². The van der Waals surface area contributed by atoms with Gasteiger partial charge >= 0.3 is 0 Å². The van der Waals surface area contributed by atoms with Gasteiger partial charge in [-0.2, -0.15) is 0 Å². The van der Waals surface area contributed by atoms with Crippen LogP contribution in [-0.4, -0.2) is 11.2 Å². The summed E-state index contributed by atoms with van der Waals surface area (Å²) in [5.74, 6) is 0.945. The van der Waals surface area contributed by atoms with Crippen LogP contribution in [-0.2, 0) is 6.42 Å². The van der Waals surface area contributed by atoms with Crippen LogP contribution in [0.2, 0.25) is 0 Å². The Kier molecular flexibility index (Phi) is 2.59. The molecule has 0 bridgehead atoms.